The Morgan fingerprint density at radius 1 is 0.735 bits per heavy atom. The van der Waals surface area contributed by atoms with Crippen LogP contribution in [0.25, 0.3) is 0 Å². The predicted molar refractivity (Wildman–Crippen MR) is 248 cm³/mol. The van der Waals surface area contributed by atoms with Gasteiger partial charge >= 0.3 is 6.18 Å². The number of benzene rings is 2. The monoisotopic (exact) mass is 972 g/mol. The largest absolute Gasteiger partial charge is 0.394 e. The molecule has 1 heterocycles. The summed E-state index contributed by atoms with van der Waals surface area (Å²) in [6, 6.07) is 8.58. The van der Waals surface area contributed by atoms with Gasteiger partial charge in [-0.2, -0.15) is 13.2 Å². The summed E-state index contributed by atoms with van der Waals surface area (Å²) in [7, 11) is 0. The second-order valence-corrected chi connectivity index (χ2v) is 18.8. The van der Waals surface area contributed by atoms with Gasteiger partial charge in [0.25, 0.3) is 0 Å². The highest BCUT2D eigenvalue weighted by Crippen LogP contribution is 2.23. The number of alkyl halides is 3. The molecule has 3 rings (SSSR count). The standard InChI is InChI=1S/C47H63F3N8O9S/c1-27(2)18-34(40(62)53-33(22-59)21-47(48,49)50)56-44(66)39(46(6,7)8)58-41(63)35(20-32-17-13-12-14-28(32)3)55-43(65)37(25-67-24-31-15-10-9-11-16-31)57-42(64)36(23-60)54-38(61)26-68-45-51-29(4)19-30(5)52-45/h9-17,19,22,27,33-37,39,60H,18,20-21,23-26H2,1-8H3,(H,53,62)(H,54,61)(H,55,65)(H,56,66)(H,57,64)(H,58,63)/t33?,34-,35-,36-,37+,39+/m0/s1. The molecule has 0 saturated heterocycles. The van der Waals surface area contributed by atoms with Crippen LogP contribution >= 0.6 is 11.8 Å². The first-order chi connectivity index (χ1) is 31.9. The van der Waals surface area contributed by atoms with Crippen LogP contribution in [0.4, 0.5) is 13.2 Å². The zero-order chi connectivity index (χ0) is 50.8. The molecule has 7 N–H and O–H groups in total. The van der Waals surface area contributed by atoms with Gasteiger partial charge in [-0.05, 0) is 61.3 Å². The highest BCUT2D eigenvalue weighted by atomic mass is 32.2. The number of aromatic nitrogens is 2. The Bertz CT molecular complexity index is 2170. The number of carbonyl (C=O) groups excluding carboxylic acids is 7. The Labute approximate surface area is 398 Å². The van der Waals surface area contributed by atoms with E-state index in [4.69, 9.17) is 4.74 Å². The number of thioether (sulfide) groups is 1. The summed E-state index contributed by atoms with van der Waals surface area (Å²) < 4.78 is 45.2. The van der Waals surface area contributed by atoms with Crippen molar-refractivity contribution in [2.45, 2.75) is 129 Å². The molecule has 1 unspecified atom stereocenters. The Kier molecular flexibility index (Phi) is 22.0. The van der Waals surface area contributed by atoms with E-state index in [1.807, 2.05) is 0 Å². The third kappa shape index (κ3) is 19.7. The number of aldehydes is 1. The molecule has 0 aliphatic carbocycles. The van der Waals surface area contributed by atoms with Gasteiger partial charge in [-0.15, -0.1) is 0 Å². The molecule has 372 valence electrons. The summed E-state index contributed by atoms with van der Waals surface area (Å²) in [5, 5.41) is 25.5. The molecule has 0 aliphatic rings. The van der Waals surface area contributed by atoms with Crippen LogP contribution in [0.15, 0.2) is 65.8 Å². The van der Waals surface area contributed by atoms with E-state index in [9.17, 15) is 51.8 Å². The van der Waals surface area contributed by atoms with Crippen LogP contribution in [-0.2, 0) is 51.3 Å². The summed E-state index contributed by atoms with van der Waals surface area (Å²) in [6.07, 6.45) is -6.58. The summed E-state index contributed by atoms with van der Waals surface area (Å²) in [5.74, 6) is -5.70. The first-order valence-electron chi connectivity index (χ1n) is 21.9. The zero-order valence-electron chi connectivity index (χ0n) is 39.5. The Balaban J connectivity index is 1.91. The molecule has 3 aromatic rings. The quantitative estimate of drug-likeness (QED) is 0.0368. The van der Waals surface area contributed by atoms with Crippen molar-refractivity contribution < 1.29 is 56.6 Å². The number of halogens is 3. The molecule has 68 heavy (non-hydrogen) atoms. The van der Waals surface area contributed by atoms with Gasteiger partial charge in [-0.25, -0.2) is 9.97 Å². The minimum Gasteiger partial charge on any atom is -0.394 e. The number of amides is 6. The van der Waals surface area contributed by atoms with E-state index < -0.39 is 103 Å². The van der Waals surface area contributed by atoms with Crippen LogP contribution in [0.2, 0.25) is 0 Å². The SMILES string of the molecule is Cc1cc(C)nc(SCC(=O)N[C@@H](CO)C(=O)N[C@H](COCc2ccccc2)C(=O)N[C@@H](Cc2ccccc2C)C(=O)N[C@H](C(=O)N[C@@H](CC(C)C)C(=O)NC(C=O)CC(F)(F)F)C(C)(C)C)n1. The Morgan fingerprint density at radius 3 is 1.87 bits per heavy atom. The molecule has 21 heteroatoms. The molecular formula is C47H63F3N8O9S. The molecule has 0 fully saturated rings. The highest BCUT2D eigenvalue weighted by Gasteiger charge is 2.39. The lowest BCUT2D eigenvalue weighted by Crippen LogP contribution is -2.62. The van der Waals surface area contributed by atoms with Crippen LogP contribution in [0.3, 0.4) is 0 Å². The van der Waals surface area contributed by atoms with E-state index in [0.29, 0.717) is 22.1 Å². The molecule has 6 amide bonds. The van der Waals surface area contributed by atoms with Crippen LogP contribution in [0.5, 0.6) is 0 Å². The van der Waals surface area contributed by atoms with Crippen LogP contribution in [-0.4, -0.2) is 118 Å². The normalized spacial score (nSPS) is 14.3. The van der Waals surface area contributed by atoms with Gasteiger partial charge in [-0.1, -0.05) is 101 Å². The van der Waals surface area contributed by atoms with E-state index in [0.717, 1.165) is 22.9 Å². The minimum absolute atomic E-state index is 0.0157. The van der Waals surface area contributed by atoms with Crippen LogP contribution < -0.4 is 31.9 Å². The topological polar surface area (TPSA) is 247 Å². The fourth-order valence-corrected chi connectivity index (χ4v) is 7.49. The number of ether oxygens (including phenoxy) is 1. The van der Waals surface area contributed by atoms with Crippen LogP contribution in [0.1, 0.15) is 75.5 Å². The molecule has 17 nitrogen and oxygen atoms in total. The molecule has 0 spiro atoms. The number of nitrogens with one attached hydrogen (secondary N) is 6. The third-order valence-electron chi connectivity index (χ3n) is 10.2. The Hall–Kier alpha value is -5.93. The molecule has 2 aromatic carbocycles. The summed E-state index contributed by atoms with van der Waals surface area (Å²) in [6.45, 7) is 12.4. The maximum Gasteiger partial charge on any atom is 0.391 e. The number of hydrogen-bond donors (Lipinski definition) is 7. The van der Waals surface area contributed by atoms with Crippen molar-refractivity contribution in [1.82, 2.24) is 41.9 Å². The van der Waals surface area contributed by atoms with E-state index >= 15 is 0 Å². The molecular weight excluding hydrogens is 910 g/mol. The number of aryl methyl sites for hydroxylation is 3. The molecule has 1 aromatic heterocycles. The maximum absolute atomic E-state index is 14.5. The highest BCUT2D eigenvalue weighted by molar-refractivity contribution is 7.99. The lowest BCUT2D eigenvalue weighted by atomic mass is 9.85. The van der Waals surface area contributed by atoms with Gasteiger partial charge in [0.05, 0.1) is 38.0 Å². The number of hydrogen-bond acceptors (Lipinski definition) is 12. The molecule has 0 radical (unpaired) electrons. The first-order valence-corrected chi connectivity index (χ1v) is 22.9. The fourth-order valence-electron chi connectivity index (χ4n) is 6.73. The average Bonchev–Trinajstić information content (AvgIpc) is 3.25. The number of nitrogens with zero attached hydrogens (tertiary/aromatic N) is 2. The summed E-state index contributed by atoms with van der Waals surface area (Å²) in [4.78, 5) is 103. The zero-order valence-corrected chi connectivity index (χ0v) is 40.3. The van der Waals surface area contributed by atoms with E-state index in [-0.39, 0.29) is 37.4 Å². The van der Waals surface area contributed by atoms with Gasteiger partial charge in [0.15, 0.2) is 5.16 Å². The molecule has 6 atom stereocenters. The van der Waals surface area contributed by atoms with Crippen molar-refractivity contribution in [2.75, 3.05) is 19.0 Å². The second-order valence-electron chi connectivity index (χ2n) is 17.8. The van der Waals surface area contributed by atoms with E-state index in [1.165, 1.54) is 0 Å². The number of carbonyl (C=O) groups is 7. The molecule has 0 aliphatic heterocycles. The summed E-state index contributed by atoms with van der Waals surface area (Å²) >= 11 is 1.02. The van der Waals surface area contributed by atoms with Crippen molar-refractivity contribution in [3.63, 3.8) is 0 Å². The van der Waals surface area contributed by atoms with Crippen molar-refractivity contribution in [3.05, 3.63) is 88.7 Å². The first kappa shape index (κ1) is 56.4. The predicted octanol–water partition coefficient (Wildman–Crippen LogP) is 3.10. The van der Waals surface area contributed by atoms with Gasteiger partial charge < -0.3 is 46.5 Å². The lowest BCUT2D eigenvalue weighted by Gasteiger charge is -2.34. The number of aliphatic hydroxyl groups is 1. The second kappa shape index (κ2) is 26.6. The van der Waals surface area contributed by atoms with E-state index in [2.05, 4.69) is 41.9 Å². The van der Waals surface area contributed by atoms with Crippen LogP contribution in [0, 0.1) is 32.1 Å². The minimum atomic E-state index is -4.76. The van der Waals surface area contributed by atoms with Crippen molar-refractivity contribution in [2.24, 2.45) is 11.3 Å². The van der Waals surface area contributed by atoms with Gasteiger partial charge in [0, 0.05) is 17.8 Å². The van der Waals surface area contributed by atoms with E-state index in [1.54, 1.807) is 116 Å². The van der Waals surface area contributed by atoms with Gasteiger partial charge in [-0.3, -0.25) is 28.8 Å². The third-order valence-corrected chi connectivity index (χ3v) is 11.0. The summed E-state index contributed by atoms with van der Waals surface area (Å²) in [5.41, 5.74) is 2.46. The Morgan fingerprint density at radius 2 is 1.29 bits per heavy atom. The maximum atomic E-state index is 14.5. The smallest absolute Gasteiger partial charge is 0.391 e. The molecule has 0 saturated carbocycles. The fraction of sp³-hybridized carbons (Fsp3) is 0.511. The van der Waals surface area contributed by atoms with Crippen molar-refractivity contribution in [1.29, 1.82) is 0 Å². The van der Waals surface area contributed by atoms with Gasteiger partial charge in [0.1, 0.15) is 36.5 Å². The average molecular weight is 973 g/mol. The van der Waals surface area contributed by atoms with Crippen molar-refractivity contribution in [3.8, 4) is 0 Å². The lowest BCUT2D eigenvalue weighted by molar-refractivity contribution is -0.147. The number of aliphatic hydroxyl groups excluding tert-OH is 1. The van der Waals surface area contributed by atoms with Gasteiger partial charge in [0.2, 0.25) is 35.4 Å². The molecule has 0 bridgehead atoms. The van der Waals surface area contributed by atoms with Crippen molar-refractivity contribution >= 4 is 53.5 Å². The number of rotatable bonds is 25.